The number of methoxy groups -OCH3 is 1. The molecule has 0 bridgehead atoms. The maximum absolute atomic E-state index is 13.0. The lowest BCUT2D eigenvalue weighted by molar-refractivity contribution is -0.142. The molecule has 1 N–H and O–H groups in total. The van der Waals surface area contributed by atoms with E-state index in [1.54, 1.807) is 26.0 Å². The number of esters is 2. The summed E-state index contributed by atoms with van der Waals surface area (Å²) in [6, 6.07) is 5.76. The number of Topliss-reactive ketones (excluding diaryl/α,β-unsaturated/α-hetero) is 1. The monoisotopic (exact) mass is 428 g/mol. The van der Waals surface area contributed by atoms with Gasteiger partial charge in [-0.3, -0.25) is 9.59 Å². The molecule has 9 heteroatoms. The molecule has 0 unspecified atom stereocenters. The van der Waals surface area contributed by atoms with Crippen molar-refractivity contribution in [2.75, 3.05) is 13.7 Å². The number of ether oxygens (including phenoxy) is 2. The molecule has 0 fully saturated rings. The Labute approximate surface area is 177 Å². The first-order chi connectivity index (χ1) is 14.8. The first-order valence-electron chi connectivity index (χ1n) is 9.47. The molecule has 0 saturated heterocycles. The first-order valence-corrected chi connectivity index (χ1v) is 9.47. The van der Waals surface area contributed by atoms with Crippen molar-refractivity contribution >= 4 is 17.7 Å². The third-order valence-corrected chi connectivity index (χ3v) is 4.70. The number of nitrogens with zero attached hydrogens (tertiary/aromatic N) is 1. The molecule has 0 spiro atoms. The van der Waals surface area contributed by atoms with Crippen LogP contribution in [0.25, 0.3) is 11.3 Å². The third-order valence-electron chi connectivity index (χ3n) is 4.70. The Bertz CT molecular complexity index is 1110. The molecule has 0 aliphatic heterocycles. The number of oxazole rings is 1. The van der Waals surface area contributed by atoms with Crippen LogP contribution >= 0.6 is 0 Å². The minimum atomic E-state index is -0.594. The van der Waals surface area contributed by atoms with Crippen molar-refractivity contribution in [2.24, 2.45) is 0 Å². The average Bonchev–Trinajstić information content (AvgIpc) is 3.34. The second-order valence-electron chi connectivity index (χ2n) is 6.83. The number of aromatic nitrogens is 2. The van der Waals surface area contributed by atoms with Gasteiger partial charge in [0.15, 0.2) is 18.3 Å². The summed E-state index contributed by atoms with van der Waals surface area (Å²) in [6.07, 6.45) is 1.64. The third kappa shape index (κ3) is 5.06. The molecule has 0 aliphatic rings. The summed E-state index contributed by atoms with van der Waals surface area (Å²) in [5.74, 6) is -1.18. The van der Waals surface area contributed by atoms with Crippen LogP contribution in [0.1, 0.15) is 44.4 Å². The molecule has 31 heavy (non-hydrogen) atoms. The molecule has 2 heterocycles. The molecule has 0 radical (unpaired) electrons. The van der Waals surface area contributed by atoms with Crippen molar-refractivity contribution in [1.29, 1.82) is 0 Å². The van der Waals surface area contributed by atoms with E-state index >= 15 is 0 Å². The summed E-state index contributed by atoms with van der Waals surface area (Å²) in [5.41, 5.74) is 2.09. The number of carbonyl (C=O) groups excluding carboxylic acids is 3. The molecule has 0 atom stereocenters. The lowest BCUT2D eigenvalue weighted by Crippen LogP contribution is -2.16. The zero-order valence-corrected chi connectivity index (χ0v) is 17.3. The smallest absolute Gasteiger partial charge is 0.339 e. The van der Waals surface area contributed by atoms with Gasteiger partial charge in [0.1, 0.15) is 5.82 Å². The highest BCUT2D eigenvalue weighted by atomic mass is 19.1. The molecule has 1 aromatic carbocycles. The molecular weight excluding hydrogens is 407 g/mol. The van der Waals surface area contributed by atoms with Crippen molar-refractivity contribution in [1.82, 2.24) is 9.97 Å². The number of ketones is 1. The molecule has 162 valence electrons. The predicted octanol–water partition coefficient (Wildman–Crippen LogP) is 3.57. The van der Waals surface area contributed by atoms with E-state index in [0.717, 1.165) is 0 Å². The molecule has 8 nitrogen and oxygen atoms in total. The second kappa shape index (κ2) is 9.38. The largest absolute Gasteiger partial charge is 0.465 e. The maximum Gasteiger partial charge on any atom is 0.339 e. The summed E-state index contributed by atoms with van der Waals surface area (Å²) in [4.78, 5) is 43.1. The Morgan fingerprint density at radius 3 is 2.55 bits per heavy atom. The van der Waals surface area contributed by atoms with Crippen LogP contribution in [0, 0.1) is 19.7 Å². The number of aryl methyl sites for hydroxylation is 2. The highest BCUT2D eigenvalue weighted by molar-refractivity contribution is 6.02. The van der Waals surface area contributed by atoms with Crippen molar-refractivity contribution in [3.8, 4) is 11.3 Å². The summed E-state index contributed by atoms with van der Waals surface area (Å²) >= 11 is 0. The van der Waals surface area contributed by atoms with Gasteiger partial charge in [-0.05, 0) is 43.7 Å². The van der Waals surface area contributed by atoms with Gasteiger partial charge < -0.3 is 18.9 Å². The van der Waals surface area contributed by atoms with E-state index < -0.39 is 24.3 Å². The SMILES string of the molecule is COC(=O)c1c(C)[nH]c(C(=O)COC(=O)CCc2ncc(-c3ccc(F)cc3)o2)c1C. The van der Waals surface area contributed by atoms with E-state index in [4.69, 9.17) is 13.9 Å². The van der Waals surface area contributed by atoms with Gasteiger partial charge >= 0.3 is 11.9 Å². The Kier molecular flexibility index (Phi) is 6.64. The lowest BCUT2D eigenvalue weighted by atomic mass is 10.1. The zero-order chi connectivity index (χ0) is 22.5. The van der Waals surface area contributed by atoms with Gasteiger partial charge in [0.05, 0.1) is 31.0 Å². The molecule has 0 saturated carbocycles. The number of rotatable bonds is 8. The Morgan fingerprint density at radius 1 is 1.16 bits per heavy atom. The van der Waals surface area contributed by atoms with Crippen LogP contribution in [0.15, 0.2) is 34.9 Å². The van der Waals surface area contributed by atoms with Gasteiger partial charge in [0, 0.05) is 17.7 Å². The molecule has 0 aliphatic carbocycles. The van der Waals surface area contributed by atoms with E-state index in [-0.39, 0.29) is 29.9 Å². The number of hydrogen-bond acceptors (Lipinski definition) is 7. The Morgan fingerprint density at radius 2 is 1.87 bits per heavy atom. The van der Waals surface area contributed by atoms with Crippen molar-refractivity contribution in [2.45, 2.75) is 26.7 Å². The van der Waals surface area contributed by atoms with Crippen LogP contribution in [0.5, 0.6) is 0 Å². The highest BCUT2D eigenvalue weighted by Gasteiger charge is 2.23. The van der Waals surface area contributed by atoms with Gasteiger partial charge in [-0.15, -0.1) is 0 Å². The summed E-state index contributed by atoms with van der Waals surface area (Å²) < 4.78 is 28.3. The van der Waals surface area contributed by atoms with E-state index in [0.29, 0.717) is 28.5 Å². The molecule has 3 rings (SSSR count). The first kappa shape index (κ1) is 21.9. The minimum Gasteiger partial charge on any atom is -0.465 e. The summed E-state index contributed by atoms with van der Waals surface area (Å²) in [5, 5.41) is 0. The van der Waals surface area contributed by atoms with Gasteiger partial charge in [-0.1, -0.05) is 0 Å². The highest BCUT2D eigenvalue weighted by Crippen LogP contribution is 2.22. The lowest BCUT2D eigenvalue weighted by Gasteiger charge is -2.04. The summed E-state index contributed by atoms with van der Waals surface area (Å²) in [6.45, 7) is 2.80. The number of nitrogens with one attached hydrogen (secondary N) is 1. The number of halogens is 1. The van der Waals surface area contributed by atoms with Gasteiger partial charge in [0.2, 0.25) is 5.78 Å². The topological polar surface area (TPSA) is 111 Å². The van der Waals surface area contributed by atoms with E-state index in [9.17, 15) is 18.8 Å². The van der Waals surface area contributed by atoms with Crippen LogP contribution in [0.3, 0.4) is 0 Å². The van der Waals surface area contributed by atoms with Crippen LogP contribution in [0.4, 0.5) is 4.39 Å². The number of benzene rings is 1. The van der Waals surface area contributed by atoms with Crippen LogP contribution in [0.2, 0.25) is 0 Å². The number of hydrogen-bond donors (Lipinski definition) is 1. The number of H-pyrrole nitrogens is 1. The van der Waals surface area contributed by atoms with E-state index in [1.807, 2.05) is 0 Å². The number of carbonyl (C=O) groups is 3. The predicted molar refractivity (Wildman–Crippen MR) is 107 cm³/mol. The van der Waals surface area contributed by atoms with Gasteiger partial charge in [0.25, 0.3) is 0 Å². The average molecular weight is 428 g/mol. The quantitative estimate of drug-likeness (QED) is 0.431. The van der Waals surface area contributed by atoms with E-state index in [2.05, 4.69) is 9.97 Å². The Hall–Kier alpha value is -3.75. The van der Waals surface area contributed by atoms with Crippen molar-refractivity contribution < 1.29 is 32.7 Å². The number of aromatic amines is 1. The normalized spacial score (nSPS) is 10.7. The standard InChI is InChI=1S/C22H21FN2O6/c1-12-20(22(28)29-3)13(2)25-21(12)16(26)11-30-19(27)9-8-18-24-10-17(31-18)14-4-6-15(23)7-5-14/h4-7,10,25H,8-9,11H2,1-3H3. The van der Waals surface area contributed by atoms with Crippen LogP contribution < -0.4 is 0 Å². The summed E-state index contributed by atoms with van der Waals surface area (Å²) in [7, 11) is 1.26. The fourth-order valence-corrected chi connectivity index (χ4v) is 3.11. The molecular formula is C22H21FN2O6. The van der Waals surface area contributed by atoms with Crippen LogP contribution in [-0.4, -0.2) is 41.4 Å². The van der Waals surface area contributed by atoms with Crippen LogP contribution in [-0.2, 0) is 20.7 Å². The van der Waals surface area contributed by atoms with E-state index in [1.165, 1.54) is 25.4 Å². The zero-order valence-electron chi connectivity index (χ0n) is 17.3. The fraction of sp³-hybridized carbons (Fsp3) is 0.273. The van der Waals surface area contributed by atoms with Gasteiger partial charge in [-0.25, -0.2) is 14.2 Å². The minimum absolute atomic E-state index is 0.0349. The van der Waals surface area contributed by atoms with Crippen molar-refractivity contribution in [3.63, 3.8) is 0 Å². The fourth-order valence-electron chi connectivity index (χ4n) is 3.11. The Balaban J connectivity index is 1.52. The molecule has 2 aromatic heterocycles. The van der Waals surface area contributed by atoms with Crippen molar-refractivity contribution in [3.05, 3.63) is 64.7 Å². The molecule has 3 aromatic rings. The molecule has 0 amide bonds. The van der Waals surface area contributed by atoms with Gasteiger partial charge in [-0.2, -0.15) is 0 Å². The second-order valence-corrected chi connectivity index (χ2v) is 6.83. The maximum atomic E-state index is 13.0.